The highest BCUT2D eigenvalue weighted by atomic mass is 79.9. The molecule has 0 fully saturated rings. The molecule has 0 aromatic carbocycles. The third-order valence-corrected chi connectivity index (χ3v) is 3.75. The Bertz CT molecular complexity index is 626. The Morgan fingerprint density at radius 3 is 2.59 bits per heavy atom. The van der Waals surface area contributed by atoms with Gasteiger partial charge in [0.25, 0.3) is 5.91 Å². The molecule has 0 saturated carbocycles. The average molecular weight is 363 g/mol. The van der Waals surface area contributed by atoms with E-state index in [1.165, 1.54) is 0 Å². The van der Waals surface area contributed by atoms with Crippen molar-refractivity contribution in [1.82, 2.24) is 15.3 Å². The molecule has 0 atom stereocenters. The van der Waals surface area contributed by atoms with Gasteiger partial charge in [0, 0.05) is 42.7 Å². The van der Waals surface area contributed by atoms with Crippen LogP contribution in [0.3, 0.4) is 0 Å². The summed E-state index contributed by atoms with van der Waals surface area (Å²) in [5, 5.41) is 2.87. The summed E-state index contributed by atoms with van der Waals surface area (Å²) in [4.78, 5) is 22.6. The Morgan fingerprint density at radius 2 is 2.00 bits per heavy atom. The molecule has 0 saturated heterocycles. The van der Waals surface area contributed by atoms with Gasteiger partial charge in [-0.05, 0) is 47.5 Å². The number of hydrogen-bond acceptors (Lipinski definition) is 4. The zero-order chi connectivity index (χ0) is 15.9. The van der Waals surface area contributed by atoms with Crippen LogP contribution in [0.15, 0.2) is 41.3 Å². The fourth-order valence-corrected chi connectivity index (χ4v) is 2.44. The molecule has 22 heavy (non-hydrogen) atoms. The number of anilines is 1. The predicted octanol–water partition coefficient (Wildman–Crippen LogP) is 3.02. The van der Waals surface area contributed by atoms with Crippen molar-refractivity contribution in [1.29, 1.82) is 0 Å². The van der Waals surface area contributed by atoms with Crippen molar-refractivity contribution in [2.24, 2.45) is 0 Å². The van der Waals surface area contributed by atoms with Crippen LogP contribution in [-0.4, -0.2) is 29.0 Å². The summed E-state index contributed by atoms with van der Waals surface area (Å²) >= 11 is 3.30. The van der Waals surface area contributed by atoms with Gasteiger partial charge < -0.3 is 10.2 Å². The van der Waals surface area contributed by atoms with Crippen LogP contribution in [-0.2, 0) is 6.54 Å². The first-order chi connectivity index (χ1) is 10.6. The second-order valence-electron chi connectivity index (χ2n) is 4.77. The van der Waals surface area contributed by atoms with E-state index in [0.717, 1.165) is 28.9 Å². The van der Waals surface area contributed by atoms with Crippen molar-refractivity contribution in [3.63, 3.8) is 0 Å². The van der Waals surface area contributed by atoms with Gasteiger partial charge in [-0.1, -0.05) is 6.07 Å². The molecule has 6 heteroatoms. The zero-order valence-corrected chi connectivity index (χ0v) is 14.3. The largest absolute Gasteiger partial charge is 0.357 e. The van der Waals surface area contributed by atoms with Crippen LogP contribution in [0.5, 0.6) is 0 Å². The smallest absolute Gasteiger partial charge is 0.253 e. The average Bonchev–Trinajstić information content (AvgIpc) is 2.55. The van der Waals surface area contributed by atoms with Gasteiger partial charge in [0.15, 0.2) is 0 Å². The van der Waals surface area contributed by atoms with Gasteiger partial charge in [-0.3, -0.25) is 9.78 Å². The number of nitrogens with zero attached hydrogens (tertiary/aromatic N) is 3. The Morgan fingerprint density at radius 1 is 1.23 bits per heavy atom. The Hall–Kier alpha value is -1.95. The number of nitrogens with one attached hydrogen (secondary N) is 1. The topological polar surface area (TPSA) is 58.1 Å². The number of amides is 1. The van der Waals surface area contributed by atoms with Crippen LogP contribution in [0.25, 0.3) is 0 Å². The predicted molar refractivity (Wildman–Crippen MR) is 90.9 cm³/mol. The number of halogens is 1. The van der Waals surface area contributed by atoms with Crippen molar-refractivity contribution in [2.75, 3.05) is 18.0 Å². The van der Waals surface area contributed by atoms with Crippen molar-refractivity contribution < 1.29 is 4.79 Å². The zero-order valence-electron chi connectivity index (χ0n) is 12.7. The Kier molecular flexibility index (Phi) is 5.89. The molecule has 1 amide bonds. The van der Waals surface area contributed by atoms with Crippen LogP contribution < -0.4 is 10.2 Å². The van der Waals surface area contributed by atoms with Gasteiger partial charge in [0.1, 0.15) is 5.82 Å². The summed E-state index contributed by atoms with van der Waals surface area (Å²) in [6.45, 7) is 6.50. The SMILES string of the molecule is CCN(CC)c1ccc(CNC(=O)c2cncc(Br)c2)cn1. The molecule has 2 aromatic heterocycles. The third kappa shape index (κ3) is 4.27. The number of carbonyl (C=O) groups excluding carboxylic acids is 1. The number of hydrogen-bond donors (Lipinski definition) is 1. The minimum absolute atomic E-state index is 0.151. The standard InChI is InChI=1S/C16H19BrN4O/c1-3-21(4-2)15-6-5-12(8-19-15)9-20-16(22)13-7-14(17)11-18-10-13/h5-8,10-11H,3-4,9H2,1-2H3,(H,20,22). The second-order valence-corrected chi connectivity index (χ2v) is 5.69. The van der Waals surface area contributed by atoms with E-state index in [1.54, 1.807) is 24.7 Å². The molecule has 2 rings (SSSR count). The van der Waals surface area contributed by atoms with Crippen molar-refractivity contribution in [3.05, 3.63) is 52.4 Å². The third-order valence-electron chi connectivity index (χ3n) is 3.32. The summed E-state index contributed by atoms with van der Waals surface area (Å²) in [7, 11) is 0. The fraction of sp³-hybridized carbons (Fsp3) is 0.312. The highest BCUT2D eigenvalue weighted by Gasteiger charge is 2.07. The molecule has 5 nitrogen and oxygen atoms in total. The second kappa shape index (κ2) is 7.89. The Labute approximate surface area is 138 Å². The van der Waals surface area contributed by atoms with Crippen molar-refractivity contribution in [2.45, 2.75) is 20.4 Å². The summed E-state index contributed by atoms with van der Waals surface area (Å²) in [6.07, 6.45) is 4.99. The van der Waals surface area contributed by atoms with Gasteiger partial charge in [-0.2, -0.15) is 0 Å². The number of pyridine rings is 2. The maximum Gasteiger partial charge on any atom is 0.253 e. The van der Waals surface area contributed by atoms with E-state index in [4.69, 9.17) is 0 Å². The quantitative estimate of drug-likeness (QED) is 0.857. The monoisotopic (exact) mass is 362 g/mol. The molecule has 1 N–H and O–H groups in total. The Balaban J connectivity index is 1.95. The maximum atomic E-state index is 12.0. The molecule has 2 aromatic rings. The maximum absolute atomic E-state index is 12.0. The van der Waals surface area contributed by atoms with Crippen LogP contribution in [0, 0.1) is 0 Å². The first-order valence-corrected chi connectivity index (χ1v) is 8.02. The summed E-state index contributed by atoms with van der Waals surface area (Å²) in [5.41, 5.74) is 1.49. The molecule has 0 bridgehead atoms. The molecular weight excluding hydrogens is 344 g/mol. The van der Waals surface area contributed by atoms with E-state index in [-0.39, 0.29) is 5.91 Å². The van der Waals surface area contributed by atoms with E-state index in [1.807, 2.05) is 12.1 Å². The van der Waals surface area contributed by atoms with E-state index in [0.29, 0.717) is 12.1 Å². The minimum Gasteiger partial charge on any atom is -0.357 e. The van der Waals surface area contributed by atoms with Crippen LogP contribution in [0.1, 0.15) is 29.8 Å². The molecule has 0 aliphatic rings. The van der Waals surface area contributed by atoms with Gasteiger partial charge in [0.2, 0.25) is 0 Å². The minimum atomic E-state index is -0.151. The fourth-order valence-electron chi connectivity index (χ4n) is 2.08. The molecule has 0 spiro atoms. The van der Waals surface area contributed by atoms with Gasteiger partial charge in [-0.25, -0.2) is 4.98 Å². The highest BCUT2D eigenvalue weighted by molar-refractivity contribution is 9.10. The van der Waals surface area contributed by atoms with Crippen LogP contribution in [0.2, 0.25) is 0 Å². The number of carbonyl (C=O) groups is 1. The molecule has 0 aliphatic heterocycles. The number of rotatable bonds is 6. The van der Waals surface area contributed by atoms with E-state index < -0.39 is 0 Å². The summed E-state index contributed by atoms with van der Waals surface area (Å²) in [6, 6.07) is 5.71. The molecular formula is C16H19BrN4O. The van der Waals surface area contributed by atoms with Crippen LogP contribution >= 0.6 is 15.9 Å². The summed E-state index contributed by atoms with van der Waals surface area (Å²) < 4.78 is 0.783. The van der Waals surface area contributed by atoms with Crippen molar-refractivity contribution in [3.8, 4) is 0 Å². The highest BCUT2D eigenvalue weighted by Crippen LogP contribution is 2.12. The lowest BCUT2D eigenvalue weighted by molar-refractivity contribution is 0.0950. The lowest BCUT2D eigenvalue weighted by Gasteiger charge is -2.19. The van der Waals surface area contributed by atoms with Gasteiger partial charge in [-0.15, -0.1) is 0 Å². The van der Waals surface area contributed by atoms with E-state index >= 15 is 0 Å². The molecule has 0 radical (unpaired) electrons. The van der Waals surface area contributed by atoms with Crippen molar-refractivity contribution >= 4 is 27.7 Å². The molecule has 0 aliphatic carbocycles. The van der Waals surface area contributed by atoms with E-state index in [9.17, 15) is 4.79 Å². The van der Waals surface area contributed by atoms with Gasteiger partial charge >= 0.3 is 0 Å². The normalized spacial score (nSPS) is 10.3. The molecule has 116 valence electrons. The number of aromatic nitrogens is 2. The molecule has 0 unspecified atom stereocenters. The lowest BCUT2D eigenvalue weighted by atomic mass is 10.2. The first kappa shape index (κ1) is 16.4. The lowest BCUT2D eigenvalue weighted by Crippen LogP contribution is -2.24. The summed E-state index contributed by atoms with van der Waals surface area (Å²) in [5.74, 6) is 0.804. The van der Waals surface area contributed by atoms with Gasteiger partial charge in [0.05, 0.1) is 5.56 Å². The first-order valence-electron chi connectivity index (χ1n) is 7.22. The van der Waals surface area contributed by atoms with Crippen LogP contribution in [0.4, 0.5) is 5.82 Å². The van der Waals surface area contributed by atoms with E-state index in [2.05, 4.69) is 50.0 Å². The molecule has 2 heterocycles.